The summed E-state index contributed by atoms with van der Waals surface area (Å²) >= 11 is 0. The minimum absolute atomic E-state index is 0. The van der Waals surface area contributed by atoms with Crippen molar-refractivity contribution in [2.24, 2.45) is 0 Å². The predicted molar refractivity (Wildman–Crippen MR) is 230 cm³/mol. The molecule has 5 nitrogen and oxygen atoms in total. The van der Waals surface area contributed by atoms with Gasteiger partial charge in [0.25, 0.3) is 0 Å². The van der Waals surface area contributed by atoms with Crippen molar-refractivity contribution in [2.45, 2.75) is 252 Å². The Morgan fingerprint density at radius 1 is 0.382 bits per heavy atom. The first-order valence-electron chi connectivity index (χ1n) is 23.9. The average Bonchev–Trinajstić information content (AvgIpc) is 3.17. The van der Waals surface area contributed by atoms with Crippen molar-refractivity contribution in [3.8, 4) is 17.2 Å². The van der Waals surface area contributed by atoms with Crippen molar-refractivity contribution < 1.29 is 75.5 Å². The molecule has 1 rings (SSSR count). The van der Waals surface area contributed by atoms with Gasteiger partial charge in [0.15, 0.2) is 11.5 Å². The van der Waals surface area contributed by atoms with Gasteiger partial charge >= 0.3 is 51.4 Å². The van der Waals surface area contributed by atoms with Crippen LogP contribution in [0.5, 0.6) is 17.2 Å². The Morgan fingerprint density at radius 3 is 0.836 bits per heavy atom. The number of benzene rings is 1. The Balaban J connectivity index is 0.0000292. The summed E-state index contributed by atoms with van der Waals surface area (Å²) in [6.45, 7) is 8.49. The fourth-order valence-electron chi connectivity index (χ4n) is 7.42. The molecule has 1 aromatic carbocycles. The van der Waals surface area contributed by atoms with Crippen molar-refractivity contribution >= 4 is 5.97 Å². The zero-order valence-corrected chi connectivity index (χ0v) is 40.4. The van der Waals surface area contributed by atoms with Gasteiger partial charge in [-0.2, -0.15) is 0 Å². The molecule has 0 saturated heterocycles. The molecule has 6 heteroatoms. The minimum Gasteiger partial charge on any atom is -0.545 e. The van der Waals surface area contributed by atoms with Gasteiger partial charge in [-0.1, -0.05) is 233 Å². The summed E-state index contributed by atoms with van der Waals surface area (Å²) < 4.78 is 18.9. The van der Waals surface area contributed by atoms with Gasteiger partial charge in [-0.15, -0.1) is 0 Å². The van der Waals surface area contributed by atoms with E-state index in [-0.39, 0.29) is 56.9 Å². The molecule has 0 spiro atoms. The van der Waals surface area contributed by atoms with E-state index in [9.17, 15) is 9.90 Å². The summed E-state index contributed by atoms with van der Waals surface area (Å²) in [4.78, 5) is 12.0. The van der Waals surface area contributed by atoms with Gasteiger partial charge in [0.2, 0.25) is 5.75 Å². The molecule has 0 aliphatic rings. The Kier molecular flexibility index (Phi) is 43.1. The molecule has 1 aromatic rings. The summed E-state index contributed by atoms with van der Waals surface area (Å²) in [5.74, 6) is 0.292. The third-order valence-electron chi connectivity index (χ3n) is 11.0. The van der Waals surface area contributed by atoms with E-state index in [0.717, 1.165) is 38.5 Å². The Labute approximate surface area is 384 Å². The number of carboxylic acid groups (broad SMARTS) is 1. The van der Waals surface area contributed by atoms with E-state index in [1.807, 2.05) is 0 Å². The first-order chi connectivity index (χ1) is 26.6. The number of carbonyl (C=O) groups is 1. The van der Waals surface area contributed by atoms with Gasteiger partial charge in [0, 0.05) is 5.56 Å². The van der Waals surface area contributed by atoms with Crippen LogP contribution in [0, 0.1) is 0 Å². The van der Waals surface area contributed by atoms with Gasteiger partial charge in [0.05, 0.1) is 25.8 Å². The number of unbranched alkanes of at least 4 members (excludes halogenated alkanes) is 33. The quantitative estimate of drug-likeness (QED) is 0.0486. The molecule has 55 heavy (non-hydrogen) atoms. The summed E-state index contributed by atoms with van der Waals surface area (Å²) in [5, 5.41) is 12.0. The number of aromatic carboxylic acids is 1. The number of carboxylic acids is 1. The molecule has 0 N–H and O–H groups in total. The smallest absolute Gasteiger partial charge is 0.545 e. The van der Waals surface area contributed by atoms with E-state index >= 15 is 0 Å². The van der Waals surface area contributed by atoms with Gasteiger partial charge in [0.1, 0.15) is 0 Å². The van der Waals surface area contributed by atoms with Crippen LogP contribution in [0.1, 0.15) is 262 Å². The van der Waals surface area contributed by atoms with E-state index < -0.39 is 5.97 Å². The van der Waals surface area contributed by atoms with Crippen LogP contribution < -0.4 is 70.7 Å². The molecule has 316 valence electrons. The maximum atomic E-state index is 12.0. The minimum atomic E-state index is -1.21. The second-order valence-corrected chi connectivity index (χ2v) is 16.3. The van der Waals surface area contributed by atoms with Crippen molar-refractivity contribution in [2.75, 3.05) is 19.8 Å². The van der Waals surface area contributed by atoms with E-state index in [2.05, 4.69) is 20.8 Å². The maximum absolute atomic E-state index is 12.0. The third-order valence-corrected chi connectivity index (χ3v) is 11.0. The van der Waals surface area contributed by atoms with Crippen LogP contribution in [-0.2, 0) is 0 Å². The maximum Gasteiger partial charge on any atom is 1.00 e. The van der Waals surface area contributed by atoms with Crippen LogP contribution in [0.2, 0.25) is 0 Å². The first-order valence-corrected chi connectivity index (χ1v) is 23.9. The van der Waals surface area contributed by atoms with Gasteiger partial charge in [-0.05, 0) is 31.4 Å². The third kappa shape index (κ3) is 34.3. The molecular formula is C49H89KO5. The van der Waals surface area contributed by atoms with Gasteiger partial charge < -0.3 is 24.1 Å². The van der Waals surface area contributed by atoms with Crippen LogP contribution in [0.25, 0.3) is 0 Å². The second-order valence-electron chi connectivity index (χ2n) is 16.3. The topological polar surface area (TPSA) is 67.8 Å². The summed E-state index contributed by atoms with van der Waals surface area (Å²) in [6.07, 6.45) is 46.4. The Morgan fingerprint density at radius 2 is 0.600 bits per heavy atom. The molecule has 0 bridgehead atoms. The largest absolute Gasteiger partial charge is 1.00 e. The fourth-order valence-corrected chi connectivity index (χ4v) is 7.42. The van der Waals surface area contributed by atoms with E-state index in [1.54, 1.807) is 12.1 Å². The summed E-state index contributed by atoms with van der Waals surface area (Å²) in [6, 6.07) is 3.15. The zero-order valence-electron chi connectivity index (χ0n) is 37.3. The Hall–Kier alpha value is -0.274. The molecule has 0 heterocycles. The Bertz CT molecular complexity index is 902. The molecule has 0 aliphatic heterocycles. The van der Waals surface area contributed by atoms with Crippen LogP contribution in [0.4, 0.5) is 0 Å². The van der Waals surface area contributed by atoms with Crippen molar-refractivity contribution in [3.63, 3.8) is 0 Å². The monoisotopic (exact) mass is 797 g/mol. The molecule has 0 fully saturated rings. The van der Waals surface area contributed by atoms with Crippen molar-refractivity contribution in [1.82, 2.24) is 0 Å². The average molecular weight is 797 g/mol. The van der Waals surface area contributed by atoms with E-state index in [1.165, 1.54) is 193 Å². The number of hydrogen-bond acceptors (Lipinski definition) is 5. The number of carbonyl (C=O) groups excluding carboxylic acids is 1. The first kappa shape index (κ1) is 54.7. The van der Waals surface area contributed by atoms with E-state index in [0.29, 0.717) is 37.1 Å². The molecule has 0 amide bonds. The molecule has 0 aromatic heterocycles. The van der Waals surface area contributed by atoms with Gasteiger partial charge in [-0.25, -0.2) is 0 Å². The summed E-state index contributed by atoms with van der Waals surface area (Å²) in [5.41, 5.74) is 0.0853. The number of ether oxygens (including phenoxy) is 3. The normalized spacial score (nSPS) is 11.1. The van der Waals surface area contributed by atoms with E-state index in [4.69, 9.17) is 14.2 Å². The number of rotatable bonds is 43. The molecule has 0 saturated carbocycles. The van der Waals surface area contributed by atoms with Crippen LogP contribution >= 0.6 is 0 Å². The zero-order chi connectivity index (χ0) is 39.0. The van der Waals surface area contributed by atoms with Crippen LogP contribution in [-0.4, -0.2) is 25.8 Å². The fraction of sp³-hybridized carbons (Fsp3) is 0.857. The summed E-state index contributed by atoms with van der Waals surface area (Å²) in [7, 11) is 0. The molecule has 0 atom stereocenters. The second kappa shape index (κ2) is 43.3. The molecular weight excluding hydrogens is 708 g/mol. The van der Waals surface area contributed by atoms with Crippen LogP contribution in [0.15, 0.2) is 12.1 Å². The molecule has 0 radical (unpaired) electrons. The standard InChI is InChI=1S/C49H90O5.K/c1-4-7-10-13-16-19-22-25-28-31-34-37-40-52-46-43-45(49(50)51)44-47(53-41-38-35-32-29-26-23-20-17-14-11-8-5-2)48(46)54-42-39-36-33-30-27-24-21-18-15-12-9-6-3;/h43-44H,4-42H2,1-3H3,(H,50,51);/q;+1/p-1. The van der Waals surface area contributed by atoms with Gasteiger partial charge in [-0.3, -0.25) is 0 Å². The number of hydrogen-bond donors (Lipinski definition) is 0. The van der Waals surface area contributed by atoms with Crippen molar-refractivity contribution in [3.05, 3.63) is 17.7 Å². The van der Waals surface area contributed by atoms with Crippen LogP contribution in [0.3, 0.4) is 0 Å². The van der Waals surface area contributed by atoms with Crippen molar-refractivity contribution in [1.29, 1.82) is 0 Å². The molecule has 0 aliphatic carbocycles. The predicted octanol–water partition coefficient (Wildman–Crippen LogP) is 12.3. The molecule has 0 unspecified atom stereocenters. The SMILES string of the molecule is CCCCCCCCCCCCCCOc1cc(C(=O)[O-])cc(OCCCCCCCCCCCCCC)c1OCCCCCCCCCCCCCC.[K+].